The number of anilines is 1. The maximum atomic E-state index is 12.9. The molecule has 3 rings (SSSR count). The second-order valence-corrected chi connectivity index (χ2v) is 10.3. The number of hydrogen-bond acceptors (Lipinski definition) is 4. The van der Waals surface area contributed by atoms with Crippen LogP contribution in [0.5, 0.6) is 0 Å². The van der Waals surface area contributed by atoms with E-state index in [2.05, 4.69) is 30.0 Å². The number of benzene rings is 1. The van der Waals surface area contributed by atoms with Crippen LogP contribution in [0.1, 0.15) is 45.1 Å². The molecule has 2 aliphatic rings. The van der Waals surface area contributed by atoms with Gasteiger partial charge in [0.15, 0.2) is 0 Å². The predicted molar refractivity (Wildman–Crippen MR) is 113 cm³/mol. The van der Waals surface area contributed by atoms with Crippen molar-refractivity contribution < 1.29 is 13.2 Å². The molecule has 1 aliphatic heterocycles. The van der Waals surface area contributed by atoms with Gasteiger partial charge in [-0.2, -0.15) is 4.31 Å². The Kier molecular flexibility index (Phi) is 6.65. The highest BCUT2D eigenvalue weighted by molar-refractivity contribution is 7.89. The first kappa shape index (κ1) is 21.1. The Hall–Kier alpha value is -1.60. The number of sulfonamides is 1. The summed E-state index contributed by atoms with van der Waals surface area (Å²) in [6, 6.07) is 8.49. The van der Waals surface area contributed by atoms with Crippen LogP contribution in [-0.2, 0) is 14.8 Å². The average molecular weight is 408 g/mol. The topological polar surface area (TPSA) is 60.9 Å². The first-order valence-corrected chi connectivity index (χ1v) is 12.0. The average Bonchev–Trinajstić information content (AvgIpc) is 3.15. The lowest BCUT2D eigenvalue weighted by molar-refractivity contribution is -0.132. The minimum absolute atomic E-state index is 0.0315. The molecule has 1 aliphatic carbocycles. The van der Waals surface area contributed by atoms with Crippen molar-refractivity contribution >= 4 is 21.6 Å². The van der Waals surface area contributed by atoms with Gasteiger partial charge < -0.3 is 9.80 Å². The lowest BCUT2D eigenvalue weighted by Gasteiger charge is -2.37. The van der Waals surface area contributed by atoms with Gasteiger partial charge in [0.2, 0.25) is 15.9 Å². The molecule has 7 heteroatoms. The third-order valence-electron chi connectivity index (χ3n) is 5.87. The lowest BCUT2D eigenvalue weighted by Crippen LogP contribution is -2.52. The maximum Gasteiger partial charge on any atom is 0.239 e. The zero-order chi connectivity index (χ0) is 20.3. The van der Waals surface area contributed by atoms with Gasteiger partial charge >= 0.3 is 0 Å². The summed E-state index contributed by atoms with van der Waals surface area (Å²) in [7, 11) is -3.59. The van der Waals surface area contributed by atoms with Crippen LogP contribution in [0.15, 0.2) is 24.3 Å². The van der Waals surface area contributed by atoms with E-state index in [1.54, 1.807) is 0 Å². The van der Waals surface area contributed by atoms with Crippen molar-refractivity contribution in [2.45, 2.75) is 58.5 Å². The predicted octanol–water partition coefficient (Wildman–Crippen LogP) is 2.63. The highest BCUT2D eigenvalue weighted by atomic mass is 32.2. The normalized spacial score (nSPS) is 19.4. The smallest absolute Gasteiger partial charge is 0.239 e. The van der Waals surface area contributed by atoms with Crippen molar-refractivity contribution in [2.24, 2.45) is 0 Å². The van der Waals surface area contributed by atoms with Crippen molar-refractivity contribution in [2.75, 3.05) is 36.8 Å². The van der Waals surface area contributed by atoms with Gasteiger partial charge in [-0.25, -0.2) is 8.42 Å². The van der Waals surface area contributed by atoms with Gasteiger partial charge in [0.25, 0.3) is 0 Å². The first-order chi connectivity index (χ1) is 13.3. The lowest BCUT2D eigenvalue weighted by atomic mass is 10.1. The van der Waals surface area contributed by atoms with E-state index in [1.807, 2.05) is 24.8 Å². The van der Waals surface area contributed by atoms with E-state index in [0.717, 1.165) is 31.4 Å². The number of carbonyl (C=O) groups is 1. The Morgan fingerprint density at radius 1 is 1.14 bits per heavy atom. The van der Waals surface area contributed by atoms with Crippen LogP contribution in [0.4, 0.5) is 5.69 Å². The van der Waals surface area contributed by atoms with Crippen molar-refractivity contribution in [1.29, 1.82) is 0 Å². The summed E-state index contributed by atoms with van der Waals surface area (Å²) in [5.74, 6) is -0.658. The molecule has 0 radical (unpaired) electrons. The van der Waals surface area contributed by atoms with Crippen LogP contribution < -0.4 is 4.90 Å². The molecule has 0 atom stereocenters. The molecule has 2 fully saturated rings. The number of nitrogens with zero attached hydrogens (tertiary/aromatic N) is 3. The Morgan fingerprint density at radius 3 is 2.36 bits per heavy atom. The summed E-state index contributed by atoms with van der Waals surface area (Å²) in [6.07, 6.45) is 4.21. The number of carbonyl (C=O) groups excluding carboxylic acids is 1. The molecule has 1 saturated heterocycles. The highest BCUT2D eigenvalue weighted by Gasteiger charge is 2.34. The second-order valence-electron chi connectivity index (χ2n) is 8.31. The van der Waals surface area contributed by atoms with E-state index in [0.29, 0.717) is 26.2 Å². The minimum Gasteiger partial charge on any atom is -0.369 e. The molecule has 1 amide bonds. The molecule has 28 heavy (non-hydrogen) atoms. The van der Waals surface area contributed by atoms with Gasteiger partial charge in [0.05, 0.1) is 0 Å². The molecular weight excluding hydrogens is 374 g/mol. The monoisotopic (exact) mass is 407 g/mol. The Morgan fingerprint density at radius 2 is 1.79 bits per heavy atom. The molecule has 1 aromatic rings. The van der Waals surface area contributed by atoms with Gasteiger partial charge in [0.1, 0.15) is 5.75 Å². The van der Waals surface area contributed by atoms with Gasteiger partial charge in [0, 0.05) is 44.0 Å². The van der Waals surface area contributed by atoms with Crippen LogP contribution >= 0.6 is 0 Å². The first-order valence-electron chi connectivity index (χ1n) is 10.4. The molecule has 0 bridgehead atoms. The van der Waals surface area contributed by atoms with Gasteiger partial charge in [-0.3, -0.25) is 4.79 Å². The van der Waals surface area contributed by atoms with Crippen molar-refractivity contribution in [3.63, 3.8) is 0 Å². The molecule has 156 valence electrons. The van der Waals surface area contributed by atoms with Crippen molar-refractivity contribution in [1.82, 2.24) is 9.21 Å². The number of hydrogen-bond donors (Lipinski definition) is 0. The summed E-state index contributed by atoms with van der Waals surface area (Å²) in [5, 5.41) is 0. The van der Waals surface area contributed by atoms with E-state index in [9.17, 15) is 13.2 Å². The second kappa shape index (κ2) is 8.82. The van der Waals surface area contributed by atoms with Crippen molar-refractivity contribution in [3.8, 4) is 0 Å². The quantitative estimate of drug-likeness (QED) is 0.727. The number of rotatable bonds is 6. The fourth-order valence-corrected chi connectivity index (χ4v) is 5.83. The van der Waals surface area contributed by atoms with Crippen LogP contribution in [0, 0.1) is 6.92 Å². The molecule has 0 aromatic heterocycles. The number of aryl methyl sites for hydroxylation is 1. The minimum atomic E-state index is -3.59. The number of amides is 1. The number of piperazine rings is 1. The molecular formula is C21H33N3O3S. The SMILES string of the molecule is Cc1cccc(N2CCN(S(=O)(=O)CC(=O)N(C(C)C)C3CCCC3)CC2)c1. The molecule has 1 saturated carbocycles. The summed E-state index contributed by atoms with van der Waals surface area (Å²) in [5.41, 5.74) is 2.32. The van der Waals surface area contributed by atoms with Crippen LogP contribution in [0.3, 0.4) is 0 Å². The highest BCUT2D eigenvalue weighted by Crippen LogP contribution is 2.26. The van der Waals surface area contributed by atoms with Crippen LogP contribution in [0.25, 0.3) is 0 Å². The zero-order valence-electron chi connectivity index (χ0n) is 17.3. The van der Waals surface area contributed by atoms with Crippen LogP contribution in [-0.4, -0.2) is 67.5 Å². The van der Waals surface area contributed by atoms with E-state index >= 15 is 0 Å². The third kappa shape index (κ3) is 4.87. The summed E-state index contributed by atoms with van der Waals surface area (Å²) in [6.45, 7) is 8.15. The zero-order valence-corrected chi connectivity index (χ0v) is 18.1. The molecule has 0 unspecified atom stereocenters. The maximum absolute atomic E-state index is 12.9. The third-order valence-corrected chi connectivity index (χ3v) is 7.63. The summed E-state index contributed by atoms with van der Waals surface area (Å²) >= 11 is 0. The van der Waals surface area contributed by atoms with Crippen molar-refractivity contribution in [3.05, 3.63) is 29.8 Å². The van der Waals surface area contributed by atoms with Crippen LogP contribution in [0.2, 0.25) is 0 Å². The van der Waals surface area contributed by atoms with E-state index in [-0.39, 0.29) is 18.0 Å². The largest absolute Gasteiger partial charge is 0.369 e. The van der Waals surface area contributed by atoms with Gasteiger partial charge in [-0.1, -0.05) is 25.0 Å². The fraction of sp³-hybridized carbons (Fsp3) is 0.667. The van der Waals surface area contributed by atoms with Gasteiger partial charge in [-0.05, 0) is 51.3 Å². The van der Waals surface area contributed by atoms with E-state index in [4.69, 9.17) is 0 Å². The summed E-state index contributed by atoms with van der Waals surface area (Å²) < 4.78 is 27.3. The molecule has 1 heterocycles. The molecule has 0 N–H and O–H groups in total. The molecule has 6 nitrogen and oxygen atoms in total. The Balaban J connectivity index is 1.61. The van der Waals surface area contributed by atoms with E-state index < -0.39 is 15.8 Å². The molecule has 0 spiro atoms. The Labute approximate surface area is 169 Å². The fourth-order valence-electron chi connectivity index (χ4n) is 4.47. The van der Waals surface area contributed by atoms with Gasteiger partial charge in [-0.15, -0.1) is 0 Å². The van der Waals surface area contributed by atoms with E-state index in [1.165, 1.54) is 9.87 Å². The summed E-state index contributed by atoms with van der Waals surface area (Å²) in [4.78, 5) is 16.9. The molecule has 1 aromatic carbocycles. The Bertz CT molecular complexity index is 780. The standard InChI is InChI=1S/C21H33N3O3S/c1-17(2)24(19-8-4-5-9-19)21(25)16-28(26,27)23-13-11-22(12-14-23)20-10-6-7-18(3)15-20/h6-7,10,15,17,19H,4-5,8-9,11-14,16H2,1-3H3.